The molecule has 140 valence electrons. The van der Waals surface area contributed by atoms with Crippen molar-refractivity contribution < 1.29 is 9.18 Å². The molecule has 0 spiro atoms. The van der Waals surface area contributed by atoms with E-state index < -0.39 is 11.1 Å². The summed E-state index contributed by atoms with van der Waals surface area (Å²) in [7, 11) is 0. The number of nitrogens with one attached hydrogen (secondary N) is 1. The number of rotatable bonds is 6. The lowest BCUT2D eigenvalue weighted by molar-refractivity contribution is -0.115. The summed E-state index contributed by atoms with van der Waals surface area (Å²) in [5, 5.41) is 11.3. The highest BCUT2D eigenvalue weighted by Gasteiger charge is 2.20. The molecule has 0 saturated heterocycles. The molecule has 2 aromatic carbocycles. The number of thioether (sulfide) groups is 1. The van der Waals surface area contributed by atoms with Crippen LogP contribution in [0.2, 0.25) is 5.02 Å². The Kier molecular flexibility index (Phi) is 6.13. The number of amides is 1. The SMILES string of the molecule is Cc1nnc(S[C@@H](C)C(=O)Nc2ccc(Cl)cc2F)n1Cc1ccccc1. The normalized spacial score (nSPS) is 12.0. The lowest BCUT2D eigenvalue weighted by Crippen LogP contribution is -2.23. The number of aromatic nitrogens is 3. The van der Waals surface area contributed by atoms with Crippen LogP contribution in [0.15, 0.2) is 53.7 Å². The van der Waals surface area contributed by atoms with Gasteiger partial charge >= 0.3 is 0 Å². The number of aryl methyl sites for hydroxylation is 1. The number of benzene rings is 2. The third-order valence-corrected chi connectivity index (χ3v) is 5.24. The summed E-state index contributed by atoms with van der Waals surface area (Å²) in [4.78, 5) is 12.4. The van der Waals surface area contributed by atoms with Gasteiger partial charge < -0.3 is 9.88 Å². The Balaban J connectivity index is 1.70. The van der Waals surface area contributed by atoms with Crippen LogP contribution < -0.4 is 5.32 Å². The van der Waals surface area contributed by atoms with Crippen molar-refractivity contribution in [1.29, 1.82) is 0 Å². The number of hydrogen-bond acceptors (Lipinski definition) is 4. The first-order valence-electron chi connectivity index (χ1n) is 8.30. The van der Waals surface area contributed by atoms with Crippen LogP contribution >= 0.6 is 23.4 Å². The van der Waals surface area contributed by atoms with E-state index in [1.165, 1.54) is 23.9 Å². The minimum absolute atomic E-state index is 0.0961. The second-order valence-electron chi connectivity index (χ2n) is 5.98. The van der Waals surface area contributed by atoms with Crippen molar-refractivity contribution in [3.63, 3.8) is 0 Å². The van der Waals surface area contributed by atoms with Gasteiger partial charge in [0.05, 0.1) is 17.5 Å². The molecular weight excluding hydrogens is 387 g/mol. The maximum Gasteiger partial charge on any atom is 0.237 e. The van der Waals surface area contributed by atoms with Gasteiger partial charge in [-0.25, -0.2) is 4.39 Å². The smallest absolute Gasteiger partial charge is 0.237 e. The summed E-state index contributed by atoms with van der Waals surface area (Å²) in [6.45, 7) is 4.22. The number of carbonyl (C=O) groups is 1. The minimum Gasteiger partial charge on any atom is -0.323 e. The average molecular weight is 405 g/mol. The molecular formula is C19H18ClFN4OS. The van der Waals surface area contributed by atoms with Gasteiger partial charge in [0.25, 0.3) is 0 Å². The molecule has 3 aromatic rings. The van der Waals surface area contributed by atoms with Crippen LogP contribution in [0.4, 0.5) is 10.1 Å². The molecule has 27 heavy (non-hydrogen) atoms. The van der Waals surface area contributed by atoms with Gasteiger partial charge in [0.15, 0.2) is 5.16 Å². The summed E-state index contributed by atoms with van der Waals surface area (Å²) in [6.07, 6.45) is 0. The second kappa shape index (κ2) is 8.54. The maximum absolute atomic E-state index is 13.9. The molecule has 1 atom stereocenters. The third kappa shape index (κ3) is 4.87. The van der Waals surface area contributed by atoms with Gasteiger partial charge in [-0.2, -0.15) is 0 Å². The van der Waals surface area contributed by atoms with E-state index in [1.807, 2.05) is 41.8 Å². The van der Waals surface area contributed by atoms with E-state index in [9.17, 15) is 9.18 Å². The van der Waals surface area contributed by atoms with E-state index in [2.05, 4.69) is 15.5 Å². The summed E-state index contributed by atoms with van der Waals surface area (Å²) in [6, 6.07) is 14.1. The van der Waals surface area contributed by atoms with Crippen molar-refractivity contribution in [1.82, 2.24) is 14.8 Å². The fourth-order valence-corrected chi connectivity index (χ4v) is 3.49. The number of halogens is 2. The maximum atomic E-state index is 13.9. The number of anilines is 1. The highest BCUT2D eigenvalue weighted by Crippen LogP contribution is 2.25. The van der Waals surface area contributed by atoms with Crippen molar-refractivity contribution in [2.24, 2.45) is 0 Å². The van der Waals surface area contributed by atoms with Gasteiger partial charge in [-0.05, 0) is 37.6 Å². The summed E-state index contributed by atoms with van der Waals surface area (Å²) in [5.41, 5.74) is 1.21. The minimum atomic E-state index is -0.573. The monoisotopic (exact) mass is 404 g/mol. The molecule has 8 heteroatoms. The van der Waals surface area contributed by atoms with Crippen molar-refractivity contribution in [3.05, 3.63) is 70.8 Å². The Morgan fingerprint density at radius 1 is 1.26 bits per heavy atom. The Morgan fingerprint density at radius 2 is 2.00 bits per heavy atom. The zero-order chi connectivity index (χ0) is 19.4. The van der Waals surface area contributed by atoms with Crippen molar-refractivity contribution >= 4 is 35.0 Å². The van der Waals surface area contributed by atoms with Gasteiger partial charge in [-0.15, -0.1) is 10.2 Å². The van der Waals surface area contributed by atoms with Crippen LogP contribution in [0, 0.1) is 12.7 Å². The largest absolute Gasteiger partial charge is 0.323 e. The molecule has 0 unspecified atom stereocenters. The van der Waals surface area contributed by atoms with E-state index in [0.29, 0.717) is 11.7 Å². The van der Waals surface area contributed by atoms with Crippen LogP contribution in [0.5, 0.6) is 0 Å². The van der Waals surface area contributed by atoms with Crippen LogP contribution in [0.25, 0.3) is 0 Å². The molecule has 0 saturated carbocycles. The van der Waals surface area contributed by atoms with Gasteiger partial charge in [0, 0.05) is 5.02 Å². The standard InChI is InChI=1S/C19H18ClFN4OS/c1-12(18(26)22-17-9-8-15(20)10-16(17)21)27-19-24-23-13(2)25(19)11-14-6-4-3-5-7-14/h3-10,12H,11H2,1-2H3,(H,22,26)/t12-/m0/s1. The fourth-order valence-electron chi connectivity index (χ4n) is 2.43. The molecule has 0 aliphatic carbocycles. The van der Waals surface area contributed by atoms with Crippen molar-refractivity contribution in [2.45, 2.75) is 30.8 Å². The van der Waals surface area contributed by atoms with Crippen LogP contribution in [0.1, 0.15) is 18.3 Å². The number of hydrogen-bond donors (Lipinski definition) is 1. The summed E-state index contributed by atoms with van der Waals surface area (Å²) < 4.78 is 15.8. The first kappa shape index (κ1) is 19.4. The third-order valence-electron chi connectivity index (χ3n) is 3.93. The van der Waals surface area contributed by atoms with E-state index >= 15 is 0 Å². The van der Waals surface area contributed by atoms with Crippen molar-refractivity contribution in [3.8, 4) is 0 Å². The predicted octanol–water partition coefficient (Wildman–Crippen LogP) is 4.55. The lowest BCUT2D eigenvalue weighted by Gasteiger charge is -2.13. The Morgan fingerprint density at radius 3 is 2.70 bits per heavy atom. The molecule has 3 rings (SSSR count). The van der Waals surface area contributed by atoms with E-state index in [1.54, 1.807) is 6.92 Å². The zero-order valence-electron chi connectivity index (χ0n) is 14.8. The number of nitrogens with zero attached hydrogens (tertiary/aromatic N) is 3. The quantitative estimate of drug-likeness (QED) is 0.612. The van der Waals surface area contributed by atoms with Crippen molar-refractivity contribution in [2.75, 3.05) is 5.32 Å². The Hall–Kier alpha value is -2.38. The molecule has 1 heterocycles. The summed E-state index contributed by atoms with van der Waals surface area (Å²) in [5.74, 6) is -0.137. The molecule has 5 nitrogen and oxygen atoms in total. The predicted molar refractivity (Wildman–Crippen MR) is 106 cm³/mol. The van der Waals surface area contributed by atoms with Crippen LogP contribution in [0.3, 0.4) is 0 Å². The molecule has 1 N–H and O–H groups in total. The number of carbonyl (C=O) groups excluding carboxylic acids is 1. The van der Waals surface area contributed by atoms with E-state index in [4.69, 9.17) is 11.6 Å². The average Bonchev–Trinajstić information content (AvgIpc) is 2.98. The topological polar surface area (TPSA) is 59.8 Å². The van der Waals surface area contributed by atoms with Crippen LogP contribution in [-0.2, 0) is 11.3 Å². The van der Waals surface area contributed by atoms with E-state index in [0.717, 1.165) is 17.5 Å². The molecule has 0 aliphatic rings. The van der Waals surface area contributed by atoms with Gasteiger partial charge in [-0.1, -0.05) is 53.7 Å². The second-order valence-corrected chi connectivity index (χ2v) is 7.72. The first-order chi connectivity index (χ1) is 12.9. The first-order valence-corrected chi connectivity index (χ1v) is 9.56. The highest BCUT2D eigenvalue weighted by atomic mass is 35.5. The lowest BCUT2D eigenvalue weighted by atomic mass is 10.2. The van der Waals surface area contributed by atoms with Crippen LogP contribution in [-0.4, -0.2) is 25.9 Å². The fraction of sp³-hybridized carbons (Fsp3) is 0.211. The molecule has 1 amide bonds. The molecule has 0 fully saturated rings. The van der Waals surface area contributed by atoms with Gasteiger partial charge in [0.2, 0.25) is 5.91 Å². The van der Waals surface area contributed by atoms with Gasteiger partial charge in [0.1, 0.15) is 11.6 Å². The summed E-state index contributed by atoms with van der Waals surface area (Å²) >= 11 is 7.01. The highest BCUT2D eigenvalue weighted by molar-refractivity contribution is 8.00. The molecule has 0 radical (unpaired) electrons. The zero-order valence-corrected chi connectivity index (χ0v) is 16.4. The Labute approximate surface area is 166 Å². The molecule has 0 aliphatic heterocycles. The van der Waals surface area contributed by atoms with Gasteiger partial charge in [-0.3, -0.25) is 4.79 Å². The molecule has 1 aromatic heterocycles. The Bertz CT molecular complexity index is 948. The van der Waals surface area contributed by atoms with E-state index in [-0.39, 0.29) is 16.6 Å². The molecule has 0 bridgehead atoms.